The SMILES string of the molecule is CCSCN(C(=O)COc1ccc(O)cc1)C(=O)N1CCCC1C(=O)CCO. The van der Waals surface area contributed by atoms with Gasteiger partial charge in [0.1, 0.15) is 11.5 Å². The van der Waals surface area contributed by atoms with E-state index < -0.39 is 18.0 Å². The number of urea groups is 1. The number of carbonyl (C=O) groups excluding carboxylic acids is 3. The Balaban J connectivity index is 2.05. The summed E-state index contributed by atoms with van der Waals surface area (Å²) in [5, 5.41) is 18.3. The van der Waals surface area contributed by atoms with Gasteiger partial charge in [0.2, 0.25) is 0 Å². The van der Waals surface area contributed by atoms with Gasteiger partial charge in [-0.1, -0.05) is 6.92 Å². The summed E-state index contributed by atoms with van der Waals surface area (Å²) in [6.45, 7) is 1.74. The van der Waals surface area contributed by atoms with Crippen molar-refractivity contribution in [2.75, 3.05) is 31.4 Å². The second-order valence-electron chi connectivity index (χ2n) is 6.30. The minimum Gasteiger partial charge on any atom is -0.508 e. The topological polar surface area (TPSA) is 107 Å². The van der Waals surface area contributed by atoms with E-state index in [1.807, 2.05) is 6.92 Å². The number of aromatic hydroxyl groups is 1. The molecule has 0 spiro atoms. The Kier molecular flexibility index (Phi) is 8.59. The molecule has 1 saturated heterocycles. The van der Waals surface area contributed by atoms with Gasteiger partial charge in [0, 0.05) is 13.0 Å². The van der Waals surface area contributed by atoms with Gasteiger partial charge in [0.25, 0.3) is 5.91 Å². The van der Waals surface area contributed by atoms with E-state index in [4.69, 9.17) is 9.84 Å². The van der Waals surface area contributed by atoms with Crippen LogP contribution in [-0.2, 0) is 9.59 Å². The van der Waals surface area contributed by atoms with E-state index in [0.717, 1.165) is 10.7 Å². The molecule has 0 bridgehead atoms. The highest BCUT2D eigenvalue weighted by atomic mass is 32.2. The molecule has 8 nitrogen and oxygen atoms in total. The number of Topliss-reactive ketones (excluding diaryl/α,β-unsaturated/α-hetero) is 1. The van der Waals surface area contributed by atoms with E-state index in [2.05, 4.69) is 0 Å². The highest BCUT2D eigenvalue weighted by Gasteiger charge is 2.37. The fraction of sp³-hybridized carbons (Fsp3) is 0.526. The van der Waals surface area contributed by atoms with Gasteiger partial charge < -0.3 is 19.8 Å². The van der Waals surface area contributed by atoms with E-state index >= 15 is 0 Å². The third-order valence-corrected chi connectivity index (χ3v) is 5.23. The first kappa shape index (κ1) is 22.0. The number of aliphatic hydroxyl groups excluding tert-OH is 1. The summed E-state index contributed by atoms with van der Waals surface area (Å²) in [5.74, 6) is 0.692. The van der Waals surface area contributed by atoms with Crippen molar-refractivity contribution in [3.05, 3.63) is 24.3 Å². The number of phenols is 1. The first-order chi connectivity index (χ1) is 13.5. The fourth-order valence-electron chi connectivity index (χ4n) is 2.94. The number of thioether (sulfide) groups is 1. The van der Waals surface area contributed by atoms with Crippen LogP contribution in [0.5, 0.6) is 11.5 Å². The van der Waals surface area contributed by atoms with Crippen LogP contribution in [0.25, 0.3) is 0 Å². The molecule has 154 valence electrons. The zero-order chi connectivity index (χ0) is 20.5. The molecule has 0 saturated carbocycles. The minimum atomic E-state index is -0.598. The number of imide groups is 1. The number of ether oxygens (including phenoxy) is 1. The minimum absolute atomic E-state index is 0.00390. The highest BCUT2D eigenvalue weighted by molar-refractivity contribution is 7.99. The molecule has 1 aliphatic heterocycles. The lowest BCUT2D eigenvalue weighted by molar-refractivity contribution is -0.131. The third-order valence-electron chi connectivity index (χ3n) is 4.38. The van der Waals surface area contributed by atoms with Gasteiger partial charge in [-0.3, -0.25) is 14.5 Å². The normalized spacial score (nSPS) is 16.1. The number of benzene rings is 1. The molecule has 2 rings (SSSR count). The molecule has 1 aromatic carbocycles. The van der Waals surface area contributed by atoms with Crippen molar-refractivity contribution in [2.45, 2.75) is 32.2 Å². The van der Waals surface area contributed by atoms with Crippen LogP contribution in [0.4, 0.5) is 4.79 Å². The predicted octanol–water partition coefficient (Wildman–Crippen LogP) is 1.85. The lowest BCUT2D eigenvalue weighted by Crippen LogP contribution is -2.51. The van der Waals surface area contributed by atoms with Gasteiger partial charge in [-0.15, -0.1) is 11.8 Å². The Morgan fingerprint density at radius 2 is 2.00 bits per heavy atom. The lowest BCUT2D eigenvalue weighted by Gasteiger charge is -2.30. The molecule has 9 heteroatoms. The Morgan fingerprint density at radius 3 is 2.64 bits per heavy atom. The molecule has 0 aliphatic carbocycles. The number of carbonyl (C=O) groups is 3. The van der Waals surface area contributed by atoms with Crippen molar-refractivity contribution >= 4 is 29.5 Å². The van der Waals surface area contributed by atoms with Crippen LogP contribution in [0.15, 0.2) is 24.3 Å². The summed E-state index contributed by atoms with van der Waals surface area (Å²) in [5.41, 5.74) is 0. The standard InChI is InChI=1S/C19H26N2O6S/c1-2-28-13-21(18(25)12-27-15-7-5-14(23)6-8-15)19(26)20-10-3-4-16(20)17(24)9-11-22/h5-8,16,22-23H,2-4,9-13H2,1H3. The number of nitrogens with zero attached hydrogens (tertiary/aromatic N) is 2. The monoisotopic (exact) mass is 410 g/mol. The molecular formula is C19H26N2O6S. The van der Waals surface area contributed by atoms with E-state index in [0.29, 0.717) is 25.1 Å². The van der Waals surface area contributed by atoms with Crippen LogP contribution in [-0.4, -0.2) is 75.2 Å². The molecule has 2 N–H and O–H groups in total. The summed E-state index contributed by atoms with van der Waals surface area (Å²) in [6.07, 6.45) is 1.22. The van der Waals surface area contributed by atoms with Gasteiger partial charge in [-0.25, -0.2) is 4.79 Å². The number of hydrogen-bond acceptors (Lipinski definition) is 7. The van der Waals surface area contributed by atoms with Crippen molar-refractivity contribution in [2.24, 2.45) is 0 Å². The average molecular weight is 410 g/mol. The van der Waals surface area contributed by atoms with Crippen LogP contribution >= 0.6 is 11.8 Å². The van der Waals surface area contributed by atoms with Crippen molar-refractivity contribution in [3.8, 4) is 11.5 Å². The average Bonchev–Trinajstić information content (AvgIpc) is 3.18. The largest absolute Gasteiger partial charge is 0.508 e. The fourth-order valence-corrected chi connectivity index (χ4v) is 3.56. The number of hydrogen-bond donors (Lipinski definition) is 2. The van der Waals surface area contributed by atoms with Gasteiger partial charge >= 0.3 is 6.03 Å². The summed E-state index contributed by atoms with van der Waals surface area (Å²) in [6, 6.07) is 4.84. The highest BCUT2D eigenvalue weighted by Crippen LogP contribution is 2.22. The number of aliphatic hydroxyl groups is 1. The van der Waals surface area contributed by atoms with Crippen LogP contribution in [0.3, 0.4) is 0 Å². The number of amides is 3. The molecule has 1 unspecified atom stereocenters. The Bertz CT molecular complexity index is 682. The first-order valence-corrected chi connectivity index (χ1v) is 10.4. The summed E-state index contributed by atoms with van der Waals surface area (Å²) in [4.78, 5) is 40.4. The molecule has 1 atom stereocenters. The Hall–Kier alpha value is -2.26. The quantitative estimate of drug-likeness (QED) is 0.598. The molecular weight excluding hydrogens is 384 g/mol. The van der Waals surface area contributed by atoms with E-state index in [1.165, 1.54) is 40.9 Å². The smallest absolute Gasteiger partial charge is 0.328 e. The van der Waals surface area contributed by atoms with Crippen LogP contribution in [0.1, 0.15) is 26.2 Å². The number of ketones is 1. The van der Waals surface area contributed by atoms with Crippen molar-refractivity contribution in [1.82, 2.24) is 9.80 Å². The first-order valence-electron chi connectivity index (χ1n) is 9.22. The molecule has 0 aromatic heterocycles. The van der Waals surface area contributed by atoms with Gasteiger partial charge in [0.05, 0.1) is 18.5 Å². The molecule has 28 heavy (non-hydrogen) atoms. The van der Waals surface area contributed by atoms with Crippen LogP contribution in [0, 0.1) is 0 Å². The molecule has 1 heterocycles. The van der Waals surface area contributed by atoms with Gasteiger partial charge in [-0.2, -0.15) is 0 Å². The molecule has 1 fully saturated rings. The van der Waals surface area contributed by atoms with E-state index in [-0.39, 0.29) is 37.0 Å². The summed E-state index contributed by atoms with van der Waals surface area (Å²) < 4.78 is 5.43. The van der Waals surface area contributed by atoms with Crippen molar-refractivity contribution in [1.29, 1.82) is 0 Å². The van der Waals surface area contributed by atoms with Crippen molar-refractivity contribution in [3.63, 3.8) is 0 Å². The van der Waals surface area contributed by atoms with E-state index in [1.54, 1.807) is 0 Å². The maximum absolute atomic E-state index is 13.0. The van der Waals surface area contributed by atoms with Crippen molar-refractivity contribution < 1.29 is 29.3 Å². The summed E-state index contributed by atoms with van der Waals surface area (Å²) >= 11 is 1.42. The number of phenolic OH excluding ortho intramolecular Hbond substituents is 1. The molecule has 1 aliphatic rings. The Morgan fingerprint density at radius 1 is 1.29 bits per heavy atom. The van der Waals surface area contributed by atoms with Crippen LogP contribution in [0.2, 0.25) is 0 Å². The van der Waals surface area contributed by atoms with E-state index in [9.17, 15) is 19.5 Å². The Labute approximate surface area is 168 Å². The molecule has 3 amide bonds. The second-order valence-corrected chi connectivity index (χ2v) is 7.54. The summed E-state index contributed by atoms with van der Waals surface area (Å²) in [7, 11) is 0. The van der Waals surface area contributed by atoms with Crippen LogP contribution < -0.4 is 4.74 Å². The lowest BCUT2D eigenvalue weighted by atomic mass is 10.1. The van der Waals surface area contributed by atoms with Gasteiger partial charge in [-0.05, 0) is 42.9 Å². The molecule has 1 aromatic rings. The number of rotatable bonds is 9. The third kappa shape index (κ3) is 5.87. The number of likely N-dealkylation sites (tertiary alicyclic amines) is 1. The molecule has 0 radical (unpaired) electrons. The maximum atomic E-state index is 13.0. The maximum Gasteiger partial charge on any atom is 0.328 e. The predicted molar refractivity (Wildman–Crippen MR) is 105 cm³/mol. The van der Waals surface area contributed by atoms with Gasteiger partial charge in [0.15, 0.2) is 12.4 Å². The second kappa shape index (κ2) is 10.9. The zero-order valence-corrected chi connectivity index (χ0v) is 16.7. The zero-order valence-electron chi connectivity index (χ0n) is 15.9.